The van der Waals surface area contributed by atoms with E-state index in [1.807, 2.05) is 30.3 Å². The second-order valence-corrected chi connectivity index (χ2v) is 6.27. The van der Waals surface area contributed by atoms with Gasteiger partial charge in [0.15, 0.2) is 23.0 Å². The molecule has 2 aromatic carbocycles. The molecule has 2 aliphatic heterocycles. The highest BCUT2D eigenvalue weighted by Gasteiger charge is 2.32. The van der Waals surface area contributed by atoms with Crippen molar-refractivity contribution in [2.24, 2.45) is 0 Å². The molecular formula is C20H21NO5. The lowest BCUT2D eigenvalue weighted by molar-refractivity contribution is -0.137. The number of hydrogen-bond donors (Lipinski definition) is 1. The third-order valence-electron chi connectivity index (χ3n) is 4.39. The molecule has 0 bridgehead atoms. The molecule has 6 nitrogen and oxygen atoms in total. The maximum Gasteiger partial charge on any atom is 0.321 e. The lowest BCUT2D eigenvalue weighted by atomic mass is 10.0. The Labute approximate surface area is 152 Å². The second-order valence-electron chi connectivity index (χ2n) is 6.27. The van der Waals surface area contributed by atoms with E-state index in [1.165, 1.54) is 0 Å². The summed E-state index contributed by atoms with van der Waals surface area (Å²) in [5.74, 6) is 2.32. The van der Waals surface area contributed by atoms with Crippen molar-refractivity contribution in [2.45, 2.75) is 32.1 Å². The molecule has 136 valence electrons. The monoisotopic (exact) mass is 355 g/mol. The minimum Gasteiger partial charge on any atom is -0.486 e. The Hall–Kier alpha value is -2.89. The van der Waals surface area contributed by atoms with Gasteiger partial charge in [0.25, 0.3) is 0 Å². The number of para-hydroxylation sites is 2. The topological polar surface area (TPSA) is 66.0 Å². The van der Waals surface area contributed by atoms with Gasteiger partial charge in [-0.15, -0.1) is 0 Å². The molecule has 1 atom stereocenters. The molecule has 0 radical (unpaired) electrons. The number of benzene rings is 2. The molecule has 1 amide bonds. The van der Waals surface area contributed by atoms with Gasteiger partial charge < -0.3 is 24.3 Å². The molecule has 0 aromatic heterocycles. The van der Waals surface area contributed by atoms with Crippen molar-refractivity contribution >= 4 is 5.91 Å². The Kier molecular flexibility index (Phi) is 4.56. The molecule has 2 heterocycles. The summed E-state index contributed by atoms with van der Waals surface area (Å²) in [7, 11) is 0. The molecule has 2 aromatic rings. The van der Waals surface area contributed by atoms with Gasteiger partial charge in [0.2, 0.25) is 0 Å². The van der Waals surface area contributed by atoms with Crippen molar-refractivity contribution in [2.75, 3.05) is 13.2 Å². The van der Waals surface area contributed by atoms with Crippen LogP contribution < -0.4 is 24.3 Å². The molecule has 0 saturated heterocycles. The first-order chi connectivity index (χ1) is 12.7. The van der Waals surface area contributed by atoms with Crippen molar-refractivity contribution in [3.8, 4) is 23.0 Å². The average molecular weight is 355 g/mol. The highest BCUT2D eigenvalue weighted by molar-refractivity contribution is 5.81. The quantitative estimate of drug-likeness (QED) is 0.892. The molecule has 4 rings (SSSR count). The van der Waals surface area contributed by atoms with Crippen LogP contribution in [0.4, 0.5) is 0 Å². The Morgan fingerprint density at radius 1 is 1.04 bits per heavy atom. The normalized spacial score (nSPS) is 16.2. The first kappa shape index (κ1) is 16.6. The summed E-state index contributed by atoms with van der Waals surface area (Å²) in [6, 6.07) is 12.9. The second kappa shape index (κ2) is 7.15. The first-order valence-electron chi connectivity index (χ1n) is 8.87. The zero-order chi connectivity index (χ0) is 17.9. The summed E-state index contributed by atoms with van der Waals surface area (Å²) in [6.07, 6.45) is 0.751. The van der Waals surface area contributed by atoms with Gasteiger partial charge in [-0.05, 0) is 36.2 Å². The largest absolute Gasteiger partial charge is 0.486 e. The molecule has 6 heteroatoms. The summed E-state index contributed by atoms with van der Waals surface area (Å²) in [6.45, 7) is 3.16. The fourth-order valence-corrected chi connectivity index (χ4v) is 3.13. The van der Waals surface area contributed by atoms with Crippen LogP contribution in [0.3, 0.4) is 0 Å². The first-order valence-corrected chi connectivity index (χ1v) is 8.87. The number of fused-ring (bicyclic) bond motifs is 2. The third kappa shape index (κ3) is 3.27. The molecule has 0 saturated carbocycles. The van der Waals surface area contributed by atoms with E-state index in [0.717, 1.165) is 24.2 Å². The van der Waals surface area contributed by atoms with Gasteiger partial charge in [-0.2, -0.15) is 0 Å². The summed E-state index contributed by atoms with van der Waals surface area (Å²) < 4.78 is 22.4. The Balaban J connectivity index is 1.48. The fourth-order valence-electron chi connectivity index (χ4n) is 3.13. The van der Waals surface area contributed by atoms with Crippen molar-refractivity contribution in [1.82, 2.24) is 5.32 Å². The molecule has 2 aliphatic rings. The summed E-state index contributed by atoms with van der Waals surface area (Å²) in [5.41, 5.74) is 0.972. The number of carbonyl (C=O) groups is 1. The van der Waals surface area contributed by atoms with Gasteiger partial charge in [0, 0.05) is 0 Å². The smallest absolute Gasteiger partial charge is 0.321 e. The Bertz CT molecular complexity index is 782. The lowest BCUT2D eigenvalue weighted by Crippen LogP contribution is -2.41. The van der Waals surface area contributed by atoms with Gasteiger partial charge in [-0.25, -0.2) is 0 Å². The molecular weight excluding hydrogens is 334 g/mol. The minimum absolute atomic E-state index is 0.153. The van der Waals surface area contributed by atoms with E-state index in [-0.39, 0.29) is 11.9 Å². The maximum atomic E-state index is 12.6. The van der Waals surface area contributed by atoms with E-state index in [0.29, 0.717) is 30.5 Å². The number of carbonyl (C=O) groups excluding carboxylic acids is 1. The van der Waals surface area contributed by atoms with Crippen molar-refractivity contribution in [3.05, 3.63) is 48.0 Å². The standard InChI is InChI=1S/C20H21NO5/c1-2-5-14(13-8-9-15-18(12-13)24-11-10-23-15)21-19(22)20-25-16-6-3-4-7-17(16)26-20/h3-4,6-9,12,14,20H,2,5,10-11H2,1H3,(H,21,22)/t14-/m1/s1. The van der Waals surface area contributed by atoms with Gasteiger partial charge in [-0.1, -0.05) is 31.5 Å². The zero-order valence-corrected chi connectivity index (χ0v) is 14.6. The van der Waals surface area contributed by atoms with Crippen LogP contribution >= 0.6 is 0 Å². The van der Waals surface area contributed by atoms with Crippen molar-refractivity contribution < 1.29 is 23.7 Å². The molecule has 26 heavy (non-hydrogen) atoms. The number of rotatable bonds is 5. The SMILES string of the molecule is CCC[C@@H](NC(=O)C1Oc2ccccc2O1)c1ccc2c(c1)OCCO2. The number of hydrogen-bond acceptors (Lipinski definition) is 5. The highest BCUT2D eigenvalue weighted by atomic mass is 16.7. The minimum atomic E-state index is -0.969. The lowest BCUT2D eigenvalue weighted by Gasteiger charge is -2.23. The predicted octanol–water partition coefficient (Wildman–Crippen LogP) is 3.21. The van der Waals surface area contributed by atoms with E-state index < -0.39 is 6.29 Å². The zero-order valence-electron chi connectivity index (χ0n) is 14.6. The van der Waals surface area contributed by atoms with Crippen LogP contribution in [0.25, 0.3) is 0 Å². The molecule has 0 fully saturated rings. The molecule has 0 unspecified atom stereocenters. The summed E-state index contributed by atoms with van der Waals surface area (Å²) >= 11 is 0. The summed E-state index contributed by atoms with van der Waals surface area (Å²) in [5, 5.41) is 3.03. The van der Waals surface area contributed by atoms with E-state index in [9.17, 15) is 4.79 Å². The van der Waals surface area contributed by atoms with Gasteiger partial charge in [0.05, 0.1) is 6.04 Å². The Morgan fingerprint density at radius 3 is 2.42 bits per heavy atom. The van der Waals surface area contributed by atoms with Gasteiger partial charge >= 0.3 is 12.2 Å². The molecule has 0 spiro atoms. The van der Waals surface area contributed by atoms with E-state index in [4.69, 9.17) is 18.9 Å². The van der Waals surface area contributed by atoms with Crippen LogP contribution in [0.5, 0.6) is 23.0 Å². The predicted molar refractivity (Wildman–Crippen MR) is 94.7 cm³/mol. The fraction of sp³-hybridized carbons (Fsp3) is 0.350. The maximum absolute atomic E-state index is 12.6. The molecule has 1 N–H and O–H groups in total. The van der Waals surface area contributed by atoms with Crippen LogP contribution in [-0.2, 0) is 4.79 Å². The summed E-state index contributed by atoms with van der Waals surface area (Å²) in [4.78, 5) is 12.6. The van der Waals surface area contributed by atoms with Crippen LogP contribution in [0.1, 0.15) is 31.4 Å². The molecule has 0 aliphatic carbocycles. The van der Waals surface area contributed by atoms with Crippen molar-refractivity contribution in [3.63, 3.8) is 0 Å². The van der Waals surface area contributed by atoms with Crippen LogP contribution in [0, 0.1) is 0 Å². The van der Waals surface area contributed by atoms with E-state index >= 15 is 0 Å². The average Bonchev–Trinajstić information content (AvgIpc) is 3.11. The number of ether oxygens (including phenoxy) is 4. The van der Waals surface area contributed by atoms with E-state index in [1.54, 1.807) is 12.1 Å². The number of amides is 1. The van der Waals surface area contributed by atoms with E-state index in [2.05, 4.69) is 12.2 Å². The van der Waals surface area contributed by atoms with Gasteiger partial charge in [0.1, 0.15) is 13.2 Å². The van der Waals surface area contributed by atoms with Gasteiger partial charge in [-0.3, -0.25) is 4.79 Å². The van der Waals surface area contributed by atoms with Crippen LogP contribution in [0.15, 0.2) is 42.5 Å². The van der Waals surface area contributed by atoms with Crippen molar-refractivity contribution in [1.29, 1.82) is 0 Å². The van der Waals surface area contributed by atoms with Crippen LogP contribution in [-0.4, -0.2) is 25.4 Å². The Morgan fingerprint density at radius 2 is 1.73 bits per heavy atom. The number of nitrogens with one attached hydrogen (secondary N) is 1. The highest BCUT2D eigenvalue weighted by Crippen LogP contribution is 2.35. The van der Waals surface area contributed by atoms with Crippen LogP contribution in [0.2, 0.25) is 0 Å². The third-order valence-corrected chi connectivity index (χ3v) is 4.39.